The van der Waals surface area contributed by atoms with E-state index >= 15 is 0 Å². The fraction of sp³-hybridized carbons (Fsp3) is 0. The number of hydrogen-bond donors (Lipinski definition) is 4. The summed E-state index contributed by atoms with van der Waals surface area (Å²) in [7, 11) is -4.67. The van der Waals surface area contributed by atoms with Crippen LogP contribution in [-0.2, 0) is 10.4 Å². The van der Waals surface area contributed by atoms with Crippen LogP contribution >= 0.6 is 0 Å². The summed E-state index contributed by atoms with van der Waals surface area (Å²) in [5.74, 6) is 0.433. The summed E-state index contributed by atoms with van der Waals surface area (Å²) in [4.78, 5) is 14.4. The number of nitrogens with two attached hydrogens (primary N) is 1. The van der Waals surface area contributed by atoms with E-state index in [2.05, 4.69) is 19.9 Å². The molecular weight excluding hydrogens is 242 g/mol. The van der Waals surface area contributed by atoms with Crippen LogP contribution in [0.2, 0.25) is 0 Å². The topological polar surface area (TPSA) is 187 Å². The van der Waals surface area contributed by atoms with Crippen molar-refractivity contribution >= 4 is 27.4 Å². The number of nitrogens with one attached hydrogen (secondary N) is 1. The molecule has 0 aliphatic carbocycles. The third-order valence-electron chi connectivity index (χ3n) is 1.25. The summed E-state index contributed by atoms with van der Waals surface area (Å²) in [5, 5.41) is 0. The summed E-state index contributed by atoms with van der Waals surface area (Å²) in [5.41, 5.74) is 6.78. The van der Waals surface area contributed by atoms with Gasteiger partial charge >= 0.3 is 10.4 Å². The van der Waals surface area contributed by atoms with Gasteiger partial charge in [-0.05, 0) is 0 Å². The maximum Gasteiger partial charge on any atom is 0.394 e. The average molecular weight is 251 g/mol. The Balaban J connectivity index is 0.000000330. The Labute approximate surface area is 89.4 Å². The molecule has 0 bridgehead atoms. The second-order valence-corrected chi connectivity index (χ2v) is 3.20. The summed E-state index contributed by atoms with van der Waals surface area (Å²) in [6.45, 7) is 0. The van der Waals surface area contributed by atoms with Crippen LogP contribution < -0.4 is 5.73 Å². The Kier molecular flexibility index (Phi) is 4.71. The maximum absolute atomic E-state index is 8.74. The van der Waals surface area contributed by atoms with Crippen LogP contribution in [0.25, 0.3) is 11.2 Å². The van der Waals surface area contributed by atoms with E-state index in [0.717, 1.165) is 0 Å². The normalized spacial score (nSPS) is 10.1. The maximum atomic E-state index is 8.74. The number of fused-ring (bicyclic) bond motifs is 1. The molecule has 0 spiro atoms. The highest BCUT2D eigenvalue weighted by Gasteiger charge is 1.99. The molecule has 0 aliphatic rings. The van der Waals surface area contributed by atoms with E-state index in [0.29, 0.717) is 17.0 Å². The number of anilines is 1. The predicted molar refractivity (Wildman–Crippen MR) is 53.9 cm³/mol. The monoisotopic (exact) mass is 251 g/mol. The zero-order chi connectivity index (χ0) is 11.5. The van der Waals surface area contributed by atoms with E-state index in [9.17, 15) is 0 Å². The van der Waals surface area contributed by atoms with Crippen LogP contribution in [0.1, 0.15) is 0 Å². The van der Waals surface area contributed by atoms with Gasteiger partial charge < -0.3 is 16.2 Å². The molecule has 0 unspecified atom stereocenters. The smallest absolute Gasteiger partial charge is 0.394 e. The summed E-state index contributed by atoms with van der Waals surface area (Å²) in [6, 6.07) is 0. The standard InChI is InChI=1S/C5H5N5.H2O4S.H2O/c6-4-3-5(9-1-7-3)10-2-8-4;1-5(2,3)4;/h1-2H,(H3,6,7,8,9,10);(H2,1,2,3,4);1H2. The molecule has 2 heterocycles. The molecule has 0 atom stereocenters. The minimum absolute atomic E-state index is 0. The van der Waals surface area contributed by atoms with Gasteiger partial charge in [0.05, 0.1) is 6.33 Å². The first-order valence-electron chi connectivity index (χ1n) is 3.47. The molecule has 0 saturated carbocycles. The minimum Gasteiger partial charge on any atom is -0.412 e. The summed E-state index contributed by atoms with van der Waals surface area (Å²) in [6.07, 6.45) is 2.92. The summed E-state index contributed by atoms with van der Waals surface area (Å²) < 4.78 is 31.6. The fourth-order valence-corrected chi connectivity index (χ4v) is 0.784. The fourth-order valence-electron chi connectivity index (χ4n) is 0.784. The Morgan fingerprint density at radius 2 is 1.81 bits per heavy atom. The zero-order valence-electron chi connectivity index (χ0n) is 7.69. The lowest BCUT2D eigenvalue weighted by Crippen LogP contribution is -1.91. The first-order chi connectivity index (χ1) is 6.88. The molecule has 7 N–H and O–H groups in total. The van der Waals surface area contributed by atoms with Crippen LogP contribution in [0, 0.1) is 0 Å². The molecule has 2 aromatic rings. The van der Waals surface area contributed by atoms with Crippen molar-refractivity contribution in [2.24, 2.45) is 0 Å². The molecule has 90 valence electrons. The van der Waals surface area contributed by atoms with Crippen molar-refractivity contribution in [2.75, 3.05) is 5.73 Å². The molecule has 16 heavy (non-hydrogen) atoms. The third kappa shape index (κ3) is 4.61. The number of aromatic amines is 1. The van der Waals surface area contributed by atoms with E-state index in [1.54, 1.807) is 0 Å². The van der Waals surface area contributed by atoms with E-state index in [1.807, 2.05) is 0 Å². The van der Waals surface area contributed by atoms with Gasteiger partial charge in [-0.1, -0.05) is 0 Å². The lowest BCUT2D eigenvalue weighted by molar-refractivity contribution is 0.381. The largest absolute Gasteiger partial charge is 0.412 e. The van der Waals surface area contributed by atoms with Gasteiger partial charge in [-0.2, -0.15) is 8.42 Å². The number of aromatic nitrogens is 4. The van der Waals surface area contributed by atoms with Gasteiger partial charge in [0.15, 0.2) is 11.5 Å². The van der Waals surface area contributed by atoms with Gasteiger partial charge in [0.2, 0.25) is 0 Å². The number of nitrogen functional groups attached to an aromatic ring is 1. The molecular formula is C5H9N5O5S. The van der Waals surface area contributed by atoms with Crippen molar-refractivity contribution in [3.05, 3.63) is 12.7 Å². The minimum atomic E-state index is -4.67. The van der Waals surface area contributed by atoms with Crippen LogP contribution in [0.3, 0.4) is 0 Å². The Morgan fingerprint density at radius 1 is 1.25 bits per heavy atom. The zero-order valence-corrected chi connectivity index (χ0v) is 8.51. The Hall–Kier alpha value is -1.82. The predicted octanol–water partition coefficient (Wildman–Crippen LogP) is -1.54. The number of rotatable bonds is 0. The van der Waals surface area contributed by atoms with Crippen LogP contribution in [0.5, 0.6) is 0 Å². The van der Waals surface area contributed by atoms with Crippen molar-refractivity contribution < 1.29 is 23.0 Å². The molecule has 11 heteroatoms. The molecule has 2 aromatic heterocycles. The van der Waals surface area contributed by atoms with E-state index in [-0.39, 0.29) is 5.48 Å². The van der Waals surface area contributed by atoms with Gasteiger partial charge in [0.25, 0.3) is 0 Å². The van der Waals surface area contributed by atoms with Gasteiger partial charge in [-0.25, -0.2) is 15.0 Å². The molecule has 10 nitrogen and oxygen atoms in total. The first-order valence-corrected chi connectivity index (χ1v) is 4.87. The molecule has 0 aromatic carbocycles. The molecule has 0 saturated heterocycles. The van der Waals surface area contributed by atoms with Crippen molar-refractivity contribution in [2.45, 2.75) is 0 Å². The highest BCUT2D eigenvalue weighted by atomic mass is 32.3. The summed E-state index contributed by atoms with van der Waals surface area (Å²) >= 11 is 0. The van der Waals surface area contributed by atoms with Crippen molar-refractivity contribution in [1.82, 2.24) is 19.9 Å². The highest BCUT2D eigenvalue weighted by molar-refractivity contribution is 7.79. The number of H-pyrrole nitrogens is 1. The SMILES string of the molecule is Nc1ncnc2nc[nH]c12.O.O=S(=O)(O)O. The lowest BCUT2D eigenvalue weighted by Gasteiger charge is -1.89. The van der Waals surface area contributed by atoms with Crippen LogP contribution in [-0.4, -0.2) is 42.9 Å². The molecule has 0 radical (unpaired) electrons. The molecule has 0 amide bonds. The van der Waals surface area contributed by atoms with Gasteiger partial charge in [0.1, 0.15) is 11.8 Å². The number of imidazole rings is 1. The third-order valence-corrected chi connectivity index (χ3v) is 1.25. The number of nitrogens with zero attached hydrogens (tertiary/aromatic N) is 3. The molecule has 2 rings (SSSR count). The lowest BCUT2D eigenvalue weighted by atomic mass is 10.5. The van der Waals surface area contributed by atoms with Gasteiger partial charge in [0, 0.05) is 0 Å². The number of hydrogen-bond acceptors (Lipinski definition) is 6. The van der Waals surface area contributed by atoms with Crippen molar-refractivity contribution in [3.8, 4) is 0 Å². The highest BCUT2D eigenvalue weighted by Crippen LogP contribution is 2.09. The van der Waals surface area contributed by atoms with Crippen molar-refractivity contribution in [1.29, 1.82) is 0 Å². The van der Waals surface area contributed by atoms with E-state index < -0.39 is 10.4 Å². The average Bonchev–Trinajstić information content (AvgIpc) is 2.49. The van der Waals surface area contributed by atoms with Crippen LogP contribution in [0.4, 0.5) is 5.82 Å². The van der Waals surface area contributed by atoms with Crippen LogP contribution in [0.15, 0.2) is 12.7 Å². The molecule has 0 fully saturated rings. The Bertz CT molecular complexity index is 543. The second kappa shape index (κ2) is 5.32. The van der Waals surface area contributed by atoms with Crippen molar-refractivity contribution in [3.63, 3.8) is 0 Å². The Morgan fingerprint density at radius 3 is 2.31 bits per heavy atom. The second-order valence-electron chi connectivity index (χ2n) is 2.31. The molecule has 0 aliphatic heterocycles. The quantitative estimate of drug-likeness (QED) is 0.405. The van der Waals surface area contributed by atoms with E-state index in [1.165, 1.54) is 12.7 Å². The van der Waals surface area contributed by atoms with Gasteiger partial charge in [-0.3, -0.25) is 9.11 Å². The van der Waals surface area contributed by atoms with Gasteiger partial charge in [-0.15, -0.1) is 0 Å². The first kappa shape index (κ1) is 14.2. The van der Waals surface area contributed by atoms with E-state index in [4.69, 9.17) is 23.3 Å².